The number of ketones is 1. The molecule has 0 aliphatic heterocycles. The average molecular weight is 509 g/mol. The molecule has 36 heavy (non-hydrogen) atoms. The molecule has 1 aromatic heterocycles. The van der Waals surface area contributed by atoms with Crippen molar-refractivity contribution in [3.05, 3.63) is 76.4 Å². The van der Waals surface area contributed by atoms with E-state index in [1.54, 1.807) is 36.5 Å². The maximum Gasteiger partial charge on any atom is 0.252 e. The number of aliphatic hydroxyl groups excluding tert-OH is 2. The first-order valence-electron chi connectivity index (χ1n) is 11.6. The van der Waals surface area contributed by atoms with Crippen LogP contribution in [0.2, 0.25) is 5.02 Å². The molecule has 0 radical (unpaired) electrons. The lowest BCUT2D eigenvalue weighted by Gasteiger charge is -2.11. The fourth-order valence-electron chi connectivity index (χ4n) is 4.21. The Balaban J connectivity index is 1.44. The third kappa shape index (κ3) is 4.88. The average Bonchev–Trinajstić information content (AvgIpc) is 3.66. The number of nitrogens with two attached hydrogens (primary N) is 1. The molecular weight excluding hydrogens is 484 g/mol. The predicted octanol–water partition coefficient (Wildman–Crippen LogP) is 3.47. The number of primary amides is 1. The van der Waals surface area contributed by atoms with Gasteiger partial charge in [-0.2, -0.15) is 4.73 Å². The van der Waals surface area contributed by atoms with Crippen molar-refractivity contribution >= 4 is 45.0 Å². The first-order chi connectivity index (χ1) is 17.3. The van der Waals surface area contributed by atoms with Crippen molar-refractivity contribution in [2.45, 2.75) is 24.9 Å². The van der Waals surface area contributed by atoms with E-state index >= 15 is 0 Å². The summed E-state index contributed by atoms with van der Waals surface area (Å²) in [6.07, 6.45) is 2.74. The zero-order chi connectivity index (χ0) is 25.4. The Morgan fingerprint density at radius 3 is 2.61 bits per heavy atom. The second-order valence-electron chi connectivity index (χ2n) is 8.97. The quantitative estimate of drug-likeness (QED) is 0.282. The second kappa shape index (κ2) is 9.81. The van der Waals surface area contributed by atoms with Gasteiger partial charge in [0.25, 0.3) is 5.91 Å². The monoisotopic (exact) mass is 508 g/mol. The highest BCUT2D eigenvalue weighted by molar-refractivity contribution is 6.31. The number of halogens is 1. The largest absolute Gasteiger partial charge is 0.485 e. The van der Waals surface area contributed by atoms with E-state index < -0.39 is 18.6 Å². The van der Waals surface area contributed by atoms with Crippen molar-refractivity contribution in [2.75, 3.05) is 19.8 Å². The molecule has 1 aliphatic rings. The Labute approximate surface area is 211 Å². The van der Waals surface area contributed by atoms with E-state index in [9.17, 15) is 14.7 Å². The van der Waals surface area contributed by atoms with E-state index in [2.05, 4.69) is 0 Å². The summed E-state index contributed by atoms with van der Waals surface area (Å²) in [4.78, 5) is 31.0. The number of aliphatic hydroxyl groups is 2. The highest BCUT2D eigenvalue weighted by atomic mass is 35.5. The Morgan fingerprint density at radius 2 is 1.89 bits per heavy atom. The van der Waals surface area contributed by atoms with Crippen molar-refractivity contribution in [1.82, 2.24) is 4.73 Å². The molecule has 0 spiro atoms. The van der Waals surface area contributed by atoms with Gasteiger partial charge in [-0.3, -0.25) is 9.59 Å². The summed E-state index contributed by atoms with van der Waals surface area (Å²) in [7, 11) is 0. The van der Waals surface area contributed by atoms with Gasteiger partial charge in [0.05, 0.1) is 29.4 Å². The zero-order valence-electron chi connectivity index (χ0n) is 19.3. The number of ether oxygens (including phenoxy) is 1. The molecule has 0 saturated heterocycles. The molecule has 4 aromatic rings. The molecule has 1 atom stereocenters. The Kier molecular flexibility index (Phi) is 6.57. The third-order valence-corrected chi connectivity index (χ3v) is 6.52. The van der Waals surface area contributed by atoms with Crippen LogP contribution in [0.25, 0.3) is 21.7 Å². The molecule has 8 nitrogen and oxygen atoms in total. The molecule has 0 bridgehead atoms. The van der Waals surface area contributed by atoms with E-state index in [0.29, 0.717) is 27.4 Å². The van der Waals surface area contributed by atoms with Crippen LogP contribution in [-0.4, -0.2) is 52.6 Å². The molecule has 1 saturated carbocycles. The Morgan fingerprint density at radius 1 is 1.08 bits per heavy atom. The second-order valence-corrected chi connectivity index (χ2v) is 9.40. The van der Waals surface area contributed by atoms with Crippen LogP contribution in [0.3, 0.4) is 0 Å². The lowest BCUT2D eigenvalue weighted by molar-refractivity contribution is 0.00320. The number of fused-ring (bicyclic) bond motifs is 2. The van der Waals surface area contributed by atoms with Crippen LogP contribution in [-0.2, 0) is 0 Å². The number of hydrogen-bond donors (Lipinski definition) is 3. The summed E-state index contributed by atoms with van der Waals surface area (Å²) in [6, 6.07) is 14.4. The summed E-state index contributed by atoms with van der Waals surface area (Å²) >= 11 is 6.06. The van der Waals surface area contributed by atoms with Crippen molar-refractivity contribution in [2.24, 2.45) is 5.73 Å². The van der Waals surface area contributed by atoms with Gasteiger partial charge in [0, 0.05) is 10.4 Å². The first kappa shape index (κ1) is 24.1. The SMILES string of the molecule is NC(=O)c1cc2cc(Cl)ccc2cc1OCC(=O)c1cn(OC[C@@H](O)CO)c2cc(C3CC3)ccc12. The van der Waals surface area contributed by atoms with E-state index in [1.807, 2.05) is 18.2 Å². The summed E-state index contributed by atoms with van der Waals surface area (Å²) in [5, 5.41) is 21.5. The predicted molar refractivity (Wildman–Crippen MR) is 136 cm³/mol. The number of aromatic nitrogens is 1. The molecule has 4 N–H and O–H groups in total. The lowest BCUT2D eigenvalue weighted by Crippen LogP contribution is -2.26. The number of hydrogen-bond acceptors (Lipinski definition) is 6. The molecule has 1 aliphatic carbocycles. The van der Waals surface area contributed by atoms with Crippen molar-refractivity contribution in [3.63, 3.8) is 0 Å². The van der Waals surface area contributed by atoms with Gasteiger partial charge >= 0.3 is 0 Å². The summed E-state index contributed by atoms with van der Waals surface area (Å²) in [6.45, 7) is -0.907. The highest BCUT2D eigenvalue weighted by Crippen LogP contribution is 2.41. The van der Waals surface area contributed by atoms with Crippen LogP contribution in [0.1, 0.15) is 45.0 Å². The number of nitrogens with zero attached hydrogens (tertiary/aromatic N) is 1. The minimum Gasteiger partial charge on any atom is -0.485 e. The molecule has 3 aromatic carbocycles. The molecule has 1 heterocycles. The third-order valence-electron chi connectivity index (χ3n) is 6.29. The topological polar surface area (TPSA) is 124 Å². The van der Waals surface area contributed by atoms with Gasteiger partial charge in [-0.05, 0) is 65.4 Å². The van der Waals surface area contributed by atoms with E-state index in [0.717, 1.165) is 29.2 Å². The molecular formula is C27H25ClN2O6. The zero-order valence-corrected chi connectivity index (χ0v) is 20.1. The number of Topliss-reactive ketones (excluding diaryl/α,β-unsaturated/α-hetero) is 1. The Bertz CT molecular complexity index is 1480. The van der Waals surface area contributed by atoms with Crippen molar-refractivity contribution < 1.29 is 29.4 Å². The van der Waals surface area contributed by atoms with Gasteiger partial charge in [0.2, 0.25) is 5.78 Å². The molecule has 5 rings (SSSR count). The fraction of sp³-hybridized carbons (Fsp3) is 0.259. The van der Waals surface area contributed by atoms with Crippen molar-refractivity contribution in [3.8, 4) is 5.75 Å². The summed E-state index contributed by atoms with van der Waals surface area (Å²) < 4.78 is 7.24. The van der Waals surface area contributed by atoms with Gasteiger partial charge in [0.15, 0.2) is 6.61 Å². The van der Waals surface area contributed by atoms with E-state index in [-0.39, 0.29) is 30.3 Å². The van der Waals surface area contributed by atoms with E-state index in [1.165, 1.54) is 4.73 Å². The van der Waals surface area contributed by atoms with Crippen LogP contribution in [0, 0.1) is 0 Å². The minimum atomic E-state index is -1.05. The molecule has 9 heteroatoms. The minimum absolute atomic E-state index is 0.138. The molecule has 1 fully saturated rings. The normalized spacial score (nSPS) is 14.2. The number of carbonyl (C=O) groups is 2. The molecule has 1 amide bonds. The number of rotatable bonds is 10. The smallest absolute Gasteiger partial charge is 0.252 e. The number of amides is 1. The maximum atomic E-state index is 13.2. The summed E-state index contributed by atoms with van der Waals surface area (Å²) in [5.74, 6) is -0.304. The fourth-order valence-corrected chi connectivity index (χ4v) is 4.39. The lowest BCUT2D eigenvalue weighted by atomic mass is 10.0. The van der Waals surface area contributed by atoms with Gasteiger partial charge in [-0.1, -0.05) is 29.8 Å². The van der Waals surface area contributed by atoms with Crippen LogP contribution >= 0.6 is 11.6 Å². The summed E-state index contributed by atoms with van der Waals surface area (Å²) in [5.41, 5.74) is 7.93. The van der Waals surface area contributed by atoms with Crippen LogP contribution in [0.4, 0.5) is 0 Å². The first-order valence-corrected chi connectivity index (χ1v) is 12.0. The number of benzene rings is 3. The number of carbonyl (C=O) groups excluding carboxylic acids is 2. The molecule has 186 valence electrons. The molecule has 0 unspecified atom stereocenters. The van der Waals surface area contributed by atoms with Gasteiger partial charge in [-0.25, -0.2) is 0 Å². The van der Waals surface area contributed by atoms with Gasteiger partial charge < -0.3 is 25.5 Å². The van der Waals surface area contributed by atoms with Gasteiger partial charge in [0.1, 0.15) is 18.5 Å². The van der Waals surface area contributed by atoms with Crippen LogP contribution in [0.15, 0.2) is 54.7 Å². The maximum absolute atomic E-state index is 13.2. The Hall–Kier alpha value is -3.59. The highest BCUT2D eigenvalue weighted by Gasteiger charge is 2.25. The van der Waals surface area contributed by atoms with E-state index in [4.69, 9.17) is 32.0 Å². The van der Waals surface area contributed by atoms with Crippen LogP contribution < -0.4 is 15.3 Å². The van der Waals surface area contributed by atoms with Gasteiger partial charge in [-0.15, -0.1) is 0 Å². The van der Waals surface area contributed by atoms with Crippen LogP contribution in [0.5, 0.6) is 5.75 Å². The standard InChI is InChI=1S/C27H25ClN2O6/c28-19-5-3-17-10-26(22(27(29)34)8-18(17)7-19)35-14-25(33)23-11-30(36-13-20(32)12-31)24-9-16(15-1-2-15)4-6-21(23)24/h3-11,15,20,31-32H,1-2,12-14H2,(H2,29,34)/t20-/m0/s1. The van der Waals surface area contributed by atoms with Crippen molar-refractivity contribution in [1.29, 1.82) is 0 Å².